The van der Waals surface area contributed by atoms with Crippen LogP contribution in [-0.2, 0) is 4.74 Å². The Labute approximate surface area is 262 Å². The average molecular weight is 618 g/mol. The van der Waals surface area contributed by atoms with E-state index in [0.717, 1.165) is 31.4 Å². The number of hydrogen-bond acceptors (Lipinski definition) is 7. The first-order chi connectivity index (χ1) is 21.5. The van der Waals surface area contributed by atoms with Gasteiger partial charge in [0.15, 0.2) is 5.82 Å². The maximum Gasteiger partial charge on any atom is 0.410 e. The van der Waals surface area contributed by atoms with Crippen LogP contribution in [0.25, 0.3) is 11.4 Å². The van der Waals surface area contributed by atoms with E-state index in [1.54, 1.807) is 17.2 Å². The minimum absolute atomic E-state index is 0.00672. The molecule has 3 aliphatic rings. The summed E-state index contributed by atoms with van der Waals surface area (Å²) in [4.78, 5) is 53.3. The van der Waals surface area contributed by atoms with Crippen LogP contribution in [0.3, 0.4) is 0 Å². The van der Waals surface area contributed by atoms with Crippen molar-refractivity contribution >= 4 is 17.9 Å². The predicted molar refractivity (Wildman–Crippen MR) is 165 cm³/mol. The average Bonchev–Trinajstić information content (AvgIpc) is 3.96. The van der Waals surface area contributed by atoms with Gasteiger partial charge in [-0.15, -0.1) is 0 Å². The molecule has 2 aliphatic carbocycles. The van der Waals surface area contributed by atoms with Gasteiger partial charge in [0.2, 0.25) is 0 Å². The van der Waals surface area contributed by atoms with Crippen LogP contribution in [-0.4, -0.2) is 84.9 Å². The quantitative estimate of drug-likeness (QED) is 0.343. The van der Waals surface area contributed by atoms with Gasteiger partial charge in [-0.3, -0.25) is 9.59 Å². The van der Waals surface area contributed by atoms with Gasteiger partial charge in [-0.1, -0.05) is 6.07 Å². The Kier molecular flexibility index (Phi) is 8.32. The number of carbonyl (C=O) groups excluding carboxylic acids is 3. The second-order valence-electron chi connectivity index (χ2n) is 13.1. The number of carbonyl (C=O) groups is 3. The lowest BCUT2D eigenvalue weighted by molar-refractivity contribution is 0.0142. The third kappa shape index (κ3) is 6.84. The zero-order valence-corrected chi connectivity index (χ0v) is 26.3. The SMILES string of the molecule is CCN(C(=O)c1ccc(-c2ncc(C(=O)N(C3CC3)C3CCN(C(=O)OC(C)(C)C)CC3)cn2)cc1F)n1ccc(C2CC2)n1. The van der Waals surface area contributed by atoms with Crippen molar-refractivity contribution in [3.8, 4) is 11.4 Å². The fraction of sp³-hybridized carbons (Fsp3) is 0.515. The molecule has 3 heterocycles. The number of hydrogen-bond donors (Lipinski definition) is 0. The van der Waals surface area contributed by atoms with Gasteiger partial charge in [0.25, 0.3) is 11.8 Å². The maximum absolute atomic E-state index is 15.3. The van der Waals surface area contributed by atoms with Crippen LogP contribution in [0.15, 0.2) is 42.9 Å². The highest BCUT2D eigenvalue weighted by Crippen LogP contribution is 2.39. The Morgan fingerprint density at radius 3 is 2.20 bits per heavy atom. The van der Waals surface area contributed by atoms with Crippen LogP contribution in [0.5, 0.6) is 0 Å². The van der Waals surface area contributed by atoms with E-state index in [-0.39, 0.29) is 35.5 Å². The van der Waals surface area contributed by atoms with Gasteiger partial charge < -0.3 is 14.5 Å². The summed E-state index contributed by atoms with van der Waals surface area (Å²) in [5, 5.41) is 5.91. The number of amides is 3. The molecule has 11 nitrogen and oxygen atoms in total. The summed E-state index contributed by atoms with van der Waals surface area (Å²) in [5.74, 6) is -0.631. The number of piperidine rings is 1. The van der Waals surface area contributed by atoms with Crippen molar-refractivity contribution in [2.45, 2.75) is 89.8 Å². The largest absolute Gasteiger partial charge is 0.444 e. The number of likely N-dealkylation sites (tertiary alicyclic amines) is 1. The molecule has 0 bridgehead atoms. The van der Waals surface area contributed by atoms with E-state index in [1.165, 1.54) is 34.3 Å². The minimum atomic E-state index is -0.688. The van der Waals surface area contributed by atoms with E-state index < -0.39 is 17.3 Å². The Bertz CT molecular complexity index is 1570. The molecule has 2 saturated carbocycles. The predicted octanol–water partition coefficient (Wildman–Crippen LogP) is 5.16. The summed E-state index contributed by atoms with van der Waals surface area (Å²) in [5.41, 5.74) is 1.07. The minimum Gasteiger partial charge on any atom is -0.444 e. The summed E-state index contributed by atoms with van der Waals surface area (Å²) < 4.78 is 20.8. The van der Waals surface area contributed by atoms with Crippen molar-refractivity contribution in [2.24, 2.45) is 0 Å². The molecule has 1 saturated heterocycles. The molecular weight excluding hydrogens is 577 g/mol. The number of benzene rings is 1. The fourth-order valence-corrected chi connectivity index (χ4v) is 5.78. The zero-order valence-electron chi connectivity index (χ0n) is 26.3. The van der Waals surface area contributed by atoms with Crippen molar-refractivity contribution in [1.82, 2.24) is 29.7 Å². The molecule has 0 atom stereocenters. The van der Waals surface area contributed by atoms with E-state index in [9.17, 15) is 14.4 Å². The third-order valence-electron chi connectivity index (χ3n) is 8.41. The number of ether oxygens (including phenoxy) is 1. The van der Waals surface area contributed by atoms with E-state index >= 15 is 4.39 Å². The Balaban J connectivity index is 1.11. The van der Waals surface area contributed by atoms with Gasteiger partial charge in [0, 0.05) is 61.8 Å². The molecule has 0 unspecified atom stereocenters. The van der Waals surface area contributed by atoms with Gasteiger partial charge in [0.1, 0.15) is 11.4 Å². The first-order valence-electron chi connectivity index (χ1n) is 15.8. The van der Waals surface area contributed by atoms with Gasteiger partial charge in [-0.25, -0.2) is 24.2 Å². The van der Waals surface area contributed by atoms with Crippen LogP contribution in [0.1, 0.15) is 98.5 Å². The van der Waals surface area contributed by atoms with Crippen molar-refractivity contribution in [1.29, 1.82) is 0 Å². The van der Waals surface area contributed by atoms with Crippen LogP contribution in [0, 0.1) is 5.82 Å². The highest BCUT2D eigenvalue weighted by atomic mass is 19.1. The molecule has 3 fully saturated rings. The molecule has 238 valence electrons. The van der Waals surface area contributed by atoms with E-state index in [4.69, 9.17) is 4.74 Å². The van der Waals surface area contributed by atoms with Crippen molar-refractivity contribution in [2.75, 3.05) is 24.6 Å². The molecule has 12 heteroatoms. The Hall–Kier alpha value is -4.35. The summed E-state index contributed by atoms with van der Waals surface area (Å²) in [7, 11) is 0. The molecule has 0 N–H and O–H groups in total. The standard InChI is InChI=1S/C33H40FN7O4/c1-5-39(40-17-14-28(37-40)21-6-7-21)31(43)26-11-8-22(18-27(26)34)29-35-19-23(20-36-29)30(42)41(24-9-10-24)25-12-15-38(16-13-25)32(44)45-33(2,3)4/h8,11,14,17-21,24-25H,5-7,9-10,12-13,15-16H2,1-4H3. The first-order valence-corrected chi connectivity index (χ1v) is 15.8. The van der Waals surface area contributed by atoms with Crippen LogP contribution >= 0.6 is 0 Å². The second kappa shape index (κ2) is 12.2. The smallest absolute Gasteiger partial charge is 0.410 e. The molecular formula is C33H40FN7O4. The maximum atomic E-state index is 15.3. The van der Waals surface area contributed by atoms with E-state index in [2.05, 4.69) is 15.1 Å². The van der Waals surface area contributed by atoms with E-state index in [1.807, 2.05) is 38.7 Å². The van der Waals surface area contributed by atoms with E-state index in [0.29, 0.717) is 49.5 Å². The first kappa shape index (κ1) is 30.7. The number of halogens is 1. The number of nitrogens with zero attached hydrogens (tertiary/aromatic N) is 7. The number of rotatable bonds is 8. The van der Waals surface area contributed by atoms with Gasteiger partial charge >= 0.3 is 6.09 Å². The fourth-order valence-electron chi connectivity index (χ4n) is 5.78. The molecule has 3 aromatic rings. The highest BCUT2D eigenvalue weighted by Gasteiger charge is 2.40. The van der Waals surface area contributed by atoms with Gasteiger partial charge in [-0.05, 0) is 84.4 Å². The monoisotopic (exact) mass is 617 g/mol. The summed E-state index contributed by atoms with van der Waals surface area (Å²) >= 11 is 0. The van der Waals surface area contributed by atoms with Gasteiger partial charge in [0.05, 0.1) is 16.8 Å². The second-order valence-corrected chi connectivity index (χ2v) is 13.1. The molecule has 1 aliphatic heterocycles. The van der Waals surface area contributed by atoms with Gasteiger partial charge in [-0.2, -0.15) is 9.89 Å². The molecule has 0 spiro atoms. The van der Waals surface area contributed by atoms with Crippen LogP contribution < -0.4 is 5.01 Å². The topological polar surface area (TPSA) is 114 Å². The lowest BCUT2D eigenvalue weighted by Crippen LogP contribution is -2.50. The Morgan fingerprint density at radius 1 is 0.956 bits per heavy atom. The van der Waals surface area contributed by atoms with Crippen molar-refractivity contribution < 1.29 is 23.5 Å². The van der Waals surface area contributed by atoms with Crippen LogP contribution in [0.2, 0.25) is 0 Å². The number of aromatic nitrogens is 4. The molecule has 1 aromatic carbocycles. The summed E-state index contributed by atoms with van der Waals surface area (Å²) in [6.45, 7) is 8.72. The van der Waals surface area contributed by atoms with Crippen molar-refractivity contribution in [3.63, 3.8) is 0 Å². The third-order valence-corrected chi connectivity index (χ3v) is 8.41. The lowest BCUT2D eigenvalue weighted by atomic mass is 10.0. The molecule has 3 amide bonds. The van der Waals surface area contributed by atoms with Crippen molar-refractivity contribution in [3.05, 3.63) is 65.5 Å². The molecule has 0 radical (unpaired) electrons. The molecule has 6 rings (SSSR count). The molecule has 45 heavy (non-hydrogen) atoms. The normalized spacial score (nSPS) is 17.2. The molecule has 2 aromatic heterocycles. The Morgan fingerprint density at radius 2 is 1.62 bits per heavy atom. The highest BCUT2D eigenvalue weighted by molar-refractivity contribution is 6.02. The summed E-state index contributed by atoms with van der Waals surface area (Å²) in [6.07, 6.45) is 9.77. The van der Waals surface area contributed by atoms with Crippen LogP contribution in [0.4, 0.5) is 9.18 Å². The zero-order chi connectivity index (χ0) is 31.9. The lowest BCUT2D eigenvalue weighted by Gasteiger charge is -2.39. The summed E-state index contributed by atoms with van der Waals surface area (Å²) in [6, 6.07) is 6.35.